The quantitative estimate of drug-likeness (QED) is 0.891. The van der Waals surface area contributed by atoms with Gasteiger partial charge in [0.2, 0.25) is 5.91 Å². The van der Waals surface area contributed by atoms with Gasteiger partial charge in [-0.2, -0.15) is 0 Å². The molecule has 1 saturated carbocycles. The fourth-order valence-electron chi connectivity index (χ4n) is 3.56. The van der Waals surface area contributed by atoms with Gasteiger partial charge in [-0.05, 0) is 37.8 Å². The van der Waals surface area contributed by atoms with E-state index in [4.69, 9.17) is 5.73 Å². The molecule has 2 atom stereocenters. The topological polar surface area (TPSA) is 58.4 Å². The number of amides is 1. The third-order valence-corrected chi connectivity index (χ3v) is 4.76. The molecule has 1 aliphatic heterocycles. The van der Waals surface area contributed by atoms with Gasteiger partial charge in [-0.1, -0.05) is 31.0 Å². The molecule has 0 bridgehead atoms. The van der Waals surface area contributed by atoms with E-state index in [0.717, 1.165) is 31.5 Å². The highest BCUT2D eigenvalue weighted by atomic mass is 16.2. The van der Waals surface area contributed by atoms with Crippen LogP contribution in [-0.4, -0.2) is 30.6 Å². The summed E-state index contributed by atoms with van der Waals surface area (Å²) in [6, 6.07) is 8.58. The summed E-state index contributed by atoms with van der Waals surface area (Å²) >= 11 is 0. The summed E-state index contributed by atoms with van der Waals surface area (Å²) in [6.45, 7) is 2.73. The first-order valence-electron chi connectivity index (χ1n) is 8.05. The molecule has 4 heteroatoms. The van der Waals surface area contributed by atoms with Gasteiger partial charge >= 0.3 is 0 Å². The number of nitrogens with one attached hydrogen (secondary N) is 1. The Morgan fingerprint density at radius 3 is 2.81 bits per heavy atom. The van der Waals surface area contributed by atoms with E-state index in [0.29, 0.717) is 6.04 Å². The molecule has 1 amide bonds. The zero-order valence-corrected chi connectivity index (χ0v) is 12.7. The Bertz CT molecular complexity index is 511. The number of hydrogen-bond acceptors (Lipinski definition) is 3. The molecular weight excluding hydrogens is 262 g/mol. The summed E-state index contributed by atoms with van der Waals surface area (Å²) in [5.41, 5.74) is 8.58. The molecular formula is C17H25N3O. The third kappa shape index (κ3) is 3.05. The van der Waals surface area contributed by atoms with Crippen molar-refractivity contribution in [1.82, 2.24) is 5.32 Å². The molecule has 1 aromatic rings. The van der Waals surface area contributed by atoms with Crippen LogP contribution in [0, 0.1) is 0 Å². The van der Waals surface area contributed by atoms with Gasteiger partial charge in [0.1, 0.15) is 6.04 Å². The second-order valence-corrected chi connectivity index (χ2v) is 6.41. The van der Waals surface area contributed by atoms with Crippen molar-refractivity contribution in [1.29, 1.82) is 0 Å². The minimum atomic E-state index is -0.168. The van der Waals surface area contributed by atoms with Crippen LogP contribution in [0.5, 0.6) is 0 Å². The van der Waals surface area contributed by atoms with E-state index in [1.54, 1.807) is 0 Å². The third-order valence-electron chi connectivity index (χ3n) is 4.76. The molecule has 3 N–H and O–H groups in total. The number of para-hydroxylation sites is 1. The summed E-state index contributed by atoms with van der Waals surface area (Å²) in [6.07, 6.45) is 5.60. The molecule has 1 aliphatic carbocycles. The normalized spacial score (nSPS) is 23.7. The molecule has 2 aliphatic rings. The Morgan fingerprint density at radius 2 is 2.05 bits per heavy atom. The molecule has 0 radical (unpaired) electrons. The van der Waals surface area contributed by atoms with Gasteiger partial charge in [0, 0.05) is 24.3 Å². The van der Waals surface area contributed by atoms with Crippen LogP contribution in [0.3, 0.4) is 0 Å². The van der Waals surface area contributed by atoms with Crippen molar-refractivity contribution in [2.45, 2.75) is 57.2 Å². The minimum absolute atomic E-state index is 0.0987. The molecule has 2 unspecified atom stereocenters. The van der Waals surface area contributed by atoms with E-state index in [1.807, 2.05) is 19.1 Å². The van der Waals surface area contributed by atoms with Crippen molar-refractivity contribution in [2.24, 2.45) is 5.73 Å². The molecule has 1 aromatic carbocycles. The van der Waals surface area contributed by atoms with Crippen LogP contribution in [-0.2, 0) is 11.2 Å². The van der Waals surface area contributed by atoms with Crippen LogP contribution in [0.25, 0.3) is 0 Å². The van der Waals surface area contributed by atoms with Crippen molar-refractivity contribution < 1.29 is 4.79 Å². The Balaban J connectivity index is 1.74. The largest absolute Gasteiger partial charge is 0.358 e. The lowest BCUT2D eigenvalue weighted by molar-refractivity contribution is -0.122. The van der Waals surface area contributed by atoms with Gasteiger partial charge in [0.25, 0.3) is 0 Å². The maximum atomic E-state index is 12.5. The molecule has 0 spiro atoms. The maximum Gasteiger partial charge on any atom is 0.242 e. The number of nitrogens with two attached hydrogens (primary N) is 1. The zero-order valence-electron chi connectivity index (χ0n) is 12.7. The maximum absolute atomic E-state index is 12.5. The number of carbonyl (C=O) groups excluding carboxylic acids is 1. The SMILES string of the molecule is CC(C(=O)NC1CCCC1)N1CC(N)Cc2ccccc21. The number of nitrogens with zero attached hydrogens (tertiary/aromatic N) is 1. The first kappa shape index (κ1) is 14.4. The van der Waals surface area contributed by atoms with Gasteiger partial charge < -0.3 is 16.0 Å². The molecule has 114 valence electrons. The van der Waals surface area contributed by atoms with Crippen molar-refractivity contribution in [3.8, 4) is 0 Å². The average molecular weight is 287 g/mol. The standard InChI is InChI=1S/C17H25N3O/c1-12(17(21)19-15-7-3-4-8-15)20-11-14(18)10-13-6-2-5-9-16(13)20/h2,5-6,9,12,14-15H,3-4,7-8,10-11,18H2,1H3,(H,19,21). The highest BCUT2D eigenvalue weighted by molar-refractivity contribution is 5.85. The van der Waals surface area contributed by atoms with E-state index in [-0.39, 0.29) is 18.0 Å². The molecule has 0 saturated heterocycles. The summed E-state index contributed by atoms with van der Waals surface area (Å²) in [7, 11) is 0. The number of hydrogen-bond donors (Lipinski definition) is 2. The monoisotopic (exact) mass is 287 g/mol. The van der Waals surface area contributed by atoms with Crippen LogP contribution in [0.15, 0.2) is 24.3 Å². The Morgan fingerprint density at radius 1 is 1.33 bits per heavy atom. The highest BCUT2D eigenvalue weighted by Gasteiger charge is 2.30. The first-order valence-corrected chi connectivity index (χ1v) is 8.05. The lowest BCUT2D eigenvalue weighted by Crippen LogP contribution is -2.53. The fourth-order valence-corrected chi connectivity index (χ4v) is 3.56. The lowest BCUT2D eigenvalue weighted by atomic mass is 9.97. The van der Waals surface area contributed by atoms with E-state index < -0.39 is 0 Å². The zero-order chi connectivity index (χ0) is 14.8. The fraction of sp³-hybridized carbons (Fsp3) is 0.588. The molecule has 1 heterocycles. The predicted molar refractivity (Wildman–Crippen MR) is 85.3 cm³/mol. The van der Waals surface area contributed by atoms with Crippen LogP contribution in [0.4, 0.5) is 5.69 Å². The Hall–Kier alpha value is -1.55. The van der Waals surface area contributed by atoms with Crippen LogP contribution < -0.4 is 16.0 Å². The van der Waals surface area contributed by atoms with E-state index in [9.17, 15) is 4.79 Å². The summed E-state index contributed by atoms with van der Waals surface area (Å²) < 4.78 is 0. The average Bonchev–Trinajstić information content (AvgIpc) is 2.98. The minimum Gasteiger partial charge on any atom is -0.358 e. The number of carbonyl (C=O) groups is 1. The number of fused-ring (bicyclic) bond motifs is 1. The number of anilines is 1. The van der Waals surface area contributed by atoms with Gasteiger partial charge in [0.15, 0.2) is 0 Å². The first-order chi connectivity index (χ1) is 10.1. The van der Waals surface area contributed by atoms with Gasteiger partial charge in [-0.15, -0.1) is 0 Å². The van der Waals surface area contributed by atoms with Crippen LogP contribution in [0.2, 0.25) is 0 Å². The molecule has 3 rings (SSSR count). The van der Waals surface area contributed by atoms with Crippen molar-refractivity contribution in [3.05, 3.63) is 29.8 Å². The van der Waals surface area contributed by atoms with Crippen molar-refractivity contribution >= 4 is 11.6 Å². The van der Waals surface area contributed by atoms with E-state index in [1.165, 1.54) is 18.4 Å². The lowest BCUT2D eigenvalue weighted by Gasteiger charge is -2.38. The predicted octanol–water partition coefficient (Wildman–Crippen LogP) is 1.82. The van der Waals surface area contributed by atoms with E-state index >= 15 is 0 Å². The number of benzene rings is 1. The van der Waals surface area contributed by atoms with Gasteiger partial charge in [0.05, 0.1) is 0 Å². The second-order valence-electron chi connectivity index (χ2n) is 6.41. The summed E-state index contributed by atoms with van der Waals surface area (Å²) in [5.74, 6) is 0.130. The second kappa shape index (κ2) is 6.06. The van der Waals surface area contributed by atoms with Crippen molar-refractivity contribution in [3.63, 3.8) is 0 Å². The summed E-state index contributed by atoms with van der Waals surface area (Å²) in [4.78, 5) is 14.7. The Labute approximate surface area is 126 Å². The summed E-state index contributed by atoms with van der Waals surface area (Å²) in [5, 5.41) is 3.20. The van der Waals surface area contributed by atoms with E-state index in [2.05, 4.69) is 22.3 Å². The molecule has 4 nitrogen and oxygen atoms in total. The van der Waals surface area contributed by atoms with Gasteiger partial charge in [-0.25, -0.2) is 0 Å². The smallest absolute Gasteiger partial charge is 0.242 e. The van der Waals surface area contributed by atoms with Crippen molar-refractivity contribution in [2.75, 3.05) is 11.4 Å². The molecule has 21 heavy (non-hydrogen) atoms. The molecule has 0 aromatic heterocycles. The Kier molecular flexibility index (Phi) is 4.15. The van der Waals surface area contributed by atoms with Crippen LogP contribution in [0.1, 0.15) is 38.2 Å². The highest BCUT2D eigenvalue weighted by Crippen LogP contribution is 2.28. The number of rotatable bonds is 3. The molecule has 1 fully saturated rings. The van der Waals surface area contributed by atoms with Gasteiger partial charge in [-0.3, -0.25) is 4.79 Å². The van der Waals surface area contributed by atoms with Crippen LogP contribution >= 0.6 is 0 Å².